The van der Waals surface area contributed by atoms with Crippen LogP contribution in [0.25, 0.3) is 5.69 Å². The number of amides is 3. The van der Waals surface area contributed by atoms with E-state index in [2.05, 4.69) is 36.3 Å². The minimum Gasteiger partial charge on any atom is -0.308 e. The first-order chi connectivity index (χ1) is 18.6. The Morgan fingerprint density at radius 2 is 1.54 bits per heavy atom. The van der Waals surface area contributed by atoms with Crippen molar-refractivity contribution in [2.45, 2.75) is 11.3 Å². The lowest BCUT2D eigenvalue weighted by Crippen LogP contribution is -2.34. The van der Waals surface area contributed by atoms with Crippen LogP contribution in [0.2, 0.25) is 0 Å². The van der Waals surface area contributed by atoms with Crippen LogP contribution in [-0.4, -0.2) is 47.0 Å². The maximum absolute atomic E-state index is 12.9. The molecule has 0 unspecified atom stereocenters. The Hall–Kier alpha value is -4.90. The van der Waals surface area contributed by atoms with Crippen LogP contribution in [-0.2, 0) is 14.8 Å². The van der Waals surface area contributed by atoms with Crippen LogP contribution in [0, 0.1) is 4.77 Å². The molecular weight excluding hydrogens is 556 g/mol. The molecule has 6 N–H and O–H groups in total. The molecule has 4 rings (SSSR count). The molecule has 0 saturated heterocycles. The van der Waals surface area contributed by atoms with Crippen LogP contribution < -0.4 is 26.2 Å². The second-order valence-corrected chi connectivity index (χ2v) is 9.72. The highest BCUT2D eigenvalue weighted by Gasteiger charge is 2.16. The van der Waals surface area contributed by atoms with E-state index in [1.165, 1.54) is 53.2 Å². The number of hydrazine groups is 1. The zero-order valence-electron chi connectivity index (χ0n) is 19.6. The topological polar surface area (TPSA) is 175 Å². The standard InChI is InChI=1S/C22H19F2N9O4S2/c23-19(24)20(34)28-27-13-7-9-14(10-8-13)30-39(36,37)18-6-2-4-16(12-18)26-21(35)25-15-3-1-5-17(11-15)33-22(38)29-31-32-33/h1-12,19,27,30H,(H,28,34)(H2,25,26,35)(H,29,32,38). The van der Waals surface area contributed by atoms with Crippen LogP contribution in [0.1, 0.15) is 0 Å². The van der Waals surface area contributed by atoms with Gasteiger partial charge in [-0.3, -0.25) is 20.4 Å². The Labute approximate surface area is 224 Å². The van der Waals surface area contributed by atoms with Crippen molar-refractivity contribution in [3.63, 3.8) is 0 Å². The number of nitrogens with zero attached hydrogens (tertiary/aromatic N) is 3. The van der Waals surface area contributed by atoms with Crippen LogP contribution in [0.15, 0.2) is 77.7 Å². The van der Waals surface area contributed by atoms with Gasteiger partial charge in [0.25, 0.3) is 10.0 Å². The zero-order valence-corrected chi connectivity index (χ0v) is 21.2. The summed E-state index contributed by atoms with van der Waals surface area (Å²) in [5.41, 5.74) is 5.74. The number of tetrazole rings is 1. The van der Waals surface area contributed by atoms with Crippen LogP contribution in [0.4, 0.5) is 36.3 Å². The quantitative estimate of drug-likeness (QED) is 0.130. The van der Waals surface area contributed by atoms with Crippen molar-refractivity contribution in [1.82, 2.24) is 25.6 Å². The van der Waals surface area contributed by atoms with Gasteiger partial charge in [-0.2, -0.15) is 14.0 Å². The van der Waals surface area contributed by atoms with Crippen molar-refractivity contribution in [3.05, 3.63) is 77.6 Å². The molecule has 13 nitrogen and oxygen atoms in total. The Kier molecular flexibility index (Phi) is 8.11. The number of alkyl halides is 2. The third-order valence-corrected chi connectivity index (χ3v) is 6.54. The number of H-pyrrole nitrogens is 1. The number of sulfonamides is 1. The van der Waals surface area contributed by atoms with E-state index in [0.29, 0.717) is 11.4 Å². The second kappa shape index (κ2) is 11.7. The molecule has 0 bridgehead atoms. The largest absolute Gasteiger partial charge is 0.323 e. The van der Waals surface area contributed by atoms with Crippen molar-refractivity contribution in [3.8, 4) is 5.69 Å². The summed E-state index contributed by atoms with van der Waals surface area (Å²) < 4.78 is 54.2. The van der Waals surface area contributed by atoms with Gasteiger partial charge in [-0.15, -0.1) is 0 Å². The van der Waals surface area contributed by atoms with Crippen molar-refractivity contribution in [1.29, 1.82) is 0 Å². The summed E-state index contributed by atoms with van der Waals surface area (Å²) in [6.07, 6.45) is -3.18. The van der Waals surface area contributed by atoms with Crippen molar-refractivity contribution in [2.24, 2.45) is 0 Å². The fourth-order valence-electron chi connectivity index (χ4n) is 3.15. The average molecular weight is 576 g/mol. The van der Waals surface area contributed by atoms with Crippen molar-refractivity contribution >= 4 is 56.9 Å². The van der Waals surface area contributed by atoms with Gasteiger partial charge in [-0.1, -0.05) is 22.4 Å². The predicted octanol–water partition coefficient (Wildman–Crippen LogP) is 3.48. The Morgan fingerprint density at radius 3 is 2.18 bits per heavy atom. The normalized spacial score (nSPS) is 11.1. The maximum atomic E-state index is 12.9. The molecule has 39 heavy (non-hydrogen) atoms. The Balaban J connectivity index is 1.39. The van der Waals surface area contributed by atoms with E-state index in [1.807, 2.05) is 5.43 Å². The van der Waals surface area contributed by atoms with Gasteiger partial charge < -0.3 is 10.6 Å². The van der Waals surface area contributed by atoms with E-state index in [1.54, 1.807) is 24.3 Å². The summed E-state index contributed by atoms with van der Waals surface area (Å²) in [5, 5.41) is 15.1. The lowest BCUT2D eigenvalue weighted by atomic mass is 10.3. The van der Waals surface area contributed by atoms with Gasteiger partial charge in [0.2, 0.25) is 4.77 Å². The van der Waals surface area contributed by atoms with Gasteiger partial charge in [0.15, 0.2) is 0 Å². The number of anilines is 4. The van der Waals surface area contributed by atoms with Gasteiger partial charge in [-0.05, 0) is 72.9 Å². The smallest absolute Gasteiger partial charge is 0.308 e. The van der Waals surface area contributed by atoms with Gasteiger partial charge in [0, 0.05) is 17.1 Å². The van der Waals surface area contributed by atoms with Crippen molar-refractivity contribution < 1.29 is 26.8 Å². The molecule has 0 saturated carbocycles. The van der Waals surface area contributed by atoms with E-state index < -0.39 is 28.4 Å². The number of hydrogen-bond donors (Lipinski definition) is 6. The minimum absolute atomic E-state index is 0.130. The molecule has 0 fully saturated rings. The number of halogens is 2. The summed E-state index contributed by atoms with van der Waals surface area (Å²) in [7, 11) is -4.05. The van der Waals surface area contributed by atoms with E-state index in [9.17, 15) is 26.8 Å². The number of aromatic nitrogens is 4. The number of aromatic amines is 1. The fraction of sp³-hybridized carbons (Fsp3) is 0.0455. The highest BCUT2D eigenvalue weighted by atomic mass is 32.2. The van der Waals surface area contributed by atoms with E-state index >= 15 is 0 Å². The molecule has 3 amide bonds. The maximum Gasteiger partial charge on any atom is 0.323 e. The summed E-state index contributed by atoms with van der Waals surface area (Å²) in [6.45, 7) is 0. The minimum atomic E-state index is -4.05. The Bertz CT molecular complexity index is 1660. The summed E-state index contributed by atoms with van der Waals surface area (Å²) in [5.74, 6) is -1.51. The first kappa shape index (κ1) is 27.1. The summed E-state index contributed by atoms with van der Waals surface area (Å²) in [6, 6.07) is 17.1. The van der Waals surface area contributed by atoms with Gasteiger partial charge in [0.1, 0.15) is 0 Å². The third kappa shape index (κ3) is 7.11. The molecule has 202 valence electrons. The molecule has 0 radical (unpaired) electrons. The zero-order chi connectivity index (χ0) is 28.0. The molecule has 17 heteroatoms. The number of carbonyl (C=O) groups is 2. The van der Waals surface area contributed by atoms with E-state index in [4.69, 9.17) is 12.2 Å². The number of nitrogens with one attached hydrogen (secondary N) is 6. The highest BCUT2D eigenvalue weighted by Crippen LogP contribution is 2.21. The SMILES string of the molecule is O=C(Nc1cccc(-n2[nH]nnc2=S)c1)Nc1cccc(S(=O)(=O)Nc2ccc(NNC(=O)C(F)F)cc2)c1. The first-order valence-corrected chi connectivity index (χ1v) is 12.8. The van der Waals surface area contributed by atoms with E-state index in [-0.39, 0.29) is 26.7 Å². The monoisotopic (exact) mass is 575 g/mol. The van der Waals surface area contributed by atoms with Crippen LogP contribution in [0.3, 0.4) is 0 Å². The number of rotatable bonds is 9. The lowest BCUT2D eigenvalue weighted by Gasteiger charge is -2.12. The molecule has 0 aliphatic heterocycles. The predicted molar refractivity (Wildman–Crippen MR) is 141 cm³/mol. The number of hydrogen-bond acceptors (Lipinski definition) is 8. The van der Waals surface area contributed by atoms with Gasteiger partial charge in [0.05, 0.1) is 16.3 Å². The summed E-state index contributed by atoms with van der Waals surface area (Å²) in [4.78, 5) is 23.3. The molecule has 0 spiro atoms. The fourth-order valence-corrected chi connectivity index (χ4v) is 4.44. The van der Waals surface area contributed by atoms with Gasteiger partial charge in [-0.25, -0.2) is 17.9 Å². The highest BCUT2D eigenvalue weighted by molar-refractivity contribution is 7.92. The Morgan fingerprint density at radius 1 is 0.897 bits per heavy atom. The van der Waals surface area contributed by atoms with Crippen LogP contribution in [0.5, 0.6) is 0 Å². The molecule has 1 aromatic heterocycles. The average Bonchev–Trinajstić information content (AvgIpc) is 3.34. The van der Waals surface area contributed by atoms with E-state index in [0.717, 1.165) is 0 Å². The van der Waals surface area contributed by atoms with Crippen molar-refractivity contribution in [2.75, 3.05) is 20.8 Å². The number of benzene rings is 3. The number of urea groups is 1. The van der Waals surface area contributed by atoms with Crippen LogP contribution >= 0.6 is 12.2 Å². The molecule has 0 aliphatic rings. The number of carbonyl (C=O) groups excluding carboxylic acids is 2. The molecule has 0 atom stereocenters. The van der Waals surface area contributed by atoms with Gasteiger partial charge >= 0.3 is 18.4 Å². The summed E-state index contributed by atoms with van der Waals surface area (Å²) >= 11 is 5.07. The molecular formula is C22H19F2N9O4S2. The molecule has 0 aliphatic carbocycles. The second-order valence-electron chi connectivity index (χ2n) is 7.67. The lowest BCUT2D eigenvalue weighted by molar-refractivity contribution is -0.131. The first-order valence-electron chi connectivity index (χ1n) is 10.9. The molecule has 4 aromatic rings. The molecule has 1 heterocycles. The molecule has 3 aromatic carbocycles. The third-order valence-electron chi connectivity index (χ3n) is 4.90.